The fraction of sp³-hybridized carbons (Fsp3) is 0.222. The van der Waals surface area contributed by atoms with Crippen LogP contribution in [0, 0.1) is 0 Å². The largest absolute Gasteiger partial charge is 0.340 e. The highest BCUT2D eigenvalue weighted by atomic mass is 35.5. The molecule has 0 saturated carbocycles. The Morgan fingerprint density at radius 3 is 2.43 bits per heavy atom. The molecule has 14 heavy (non-hydrogen) atoms. The monoisotopic (exact) mass is 230 g/mol. The molecule has 0 bridgehead atoms. The van der Waals surface area contributed by atoms with Crippen molar-refractivity contribution in [2.24, 2.45) is 0 Å². The van der Waals surface area contributed by atoms with Gasteiger partial charge in [0.25, 0.3) is 0 Å². The highest BCUT2D eigenvalue weighted by molar-refractivity contribution is 6.32. The number of alkyl halides is 1. The highest BCUT2D eigenvalue weighted by Crippen LogP contribution is 2.26. The molecule has 1 atom stereocenters. The van der Waals surface area contributed by atoms with Gasteiger partial charge in [-0.15, -0.1) is 0 Å². The fourth-order valence-corrected chi connectivity index (χ4v) is 1.73. The van der Waals surface area contributed by atoms with E-state index in [0.29, 0.717) is 6.54 Å². The summed E-state index contributed by atoms with van der Waals surface area (Å²) in [5.74, 6) is 0. The van der Waals surface area contributed by atoms with Crippen LogP contribution >= 0.6 is 23.4 Å². The third kappa shape index (κ3) is 1.53. The van der Waals surface area contributed by atoms with Gasteiger partial charge in [0, 0.05) is 17.5 Å². The van der Waals surface area contributed by atoms with Crippen molar-refractivity contribution in [2.75, 3.05) is 11.4 Å². The Kier molecular flexibility index (Phi) is 2.52. The van der Waals surface area contributed by atoms with Crippen molar-refractivity contribution in [3.63, 3.8) is 0 Å². The Morgan fingerprint density at radius 2 is 1.93 bits per heavy atom. The number of hydrogen-bond acceptors (Lipinski definition) is 1. The molecule has 5 heteroatoms. The first-order valence-electron chi connectivity index (χ1n) is 4.16. The van der Waals surface area contributed by atoms with Gasteiger partial charge in [-0.1, -0.05) is 29.8 Å². The summed E-state index contributed by atoms with van der Waals surface area (Å²) in [6, 6.07) is 9.03. The Balaban J connectivity index is 2.26. The van der Waals surface area contributed by atoms with Crippen molar-refractivity contribution in [1.82, 2.24) is 4.42 Å². The molecular weight excluding hydrogens is 223 g/mol. The normalized spacial score (nSPS) is 21.9. The molecule has 1 aliphatic rings. The minimum atomic E-state index is -0.468. The number of nitrogens with zero attached hydrogens (tertiary/aromatic N) is 2. The zero-order valence-corrected chi connectivity index (χ0v) is 8.74. The van der Waals surface area contributed by atoms with Gasteiger partial charge < -0.3 is 0 Å². The average molecular weight is 231 g/mol. The predicted molar refractivity (Wildman–Crippen MR) is 56.5 cm³/mol. The number of anilines is 1. The lowest BCUT2D eigenvalue weighted by Gasteiger charge is -2.13. The molecule has 74 valence electrons. The molecule has 1 aromatic carbocycles. The second kappa shape index (κ2) is 3.67. The van der Waals surface area contributed by atoms with Crippen LogP contribution in [0.15, 0.2) is 30.3 Å². The van der Waals surface area contributed by atoms with Gasteiger partial charge in [0.15, 0.2) is 0 Å². The lowest BCUT2D eigenvalue weighted by atomic mass is 10.3. The van der Waals surface area contributed by atoms with Gasteiger partial charge in [0.2, 0.25) is 0 Å². The number of carbonyl (C=O) groups excluding carboxylic acids is 1. The van der Waals surface area contributed by atoms with Crippen LogP contribution in [0.25, 0.3) is 0 Å². The molecule has 1 aliphatic heterocycles. The summed E-state index contributed by atoms with van der Waals surface area (Å²) in [5, 5.41) is 0. The molecule has 1 heterocycles. The lowest BCUT2D eigenvalue weighted by molar-refractivity contribution is 0.239. The van der Waals surface area contributed by atoms with Crippen LogP contribution in [-0.4, -0.2) is 22.5 Å². The summed E-state index contributed by atoms with van der Waals surface area (Å²) in [6.07, 6.45) is 0. The summed E-state index contributed by atoms with van der Waals surface area (Å²) < 4.78 is 1.01. The molecule has 0 aliphatic carbocycles. The third-order valence-electron chi connectivity index (χ3n) is 2.06. The van der Waals surface area contributed by atoms with Crippen molar-refractivity contribution in [1.29, 1.82) is 0 Å². The number of hydrogen-bond donors (Lipinski definition) is 0. The van der Waals surface area contributed by atoms with Crippen molar-refractivity contribution < 1.29 is 4.79 Å². The second-order valence-corrected chi connectivity index (χ2v) is 3.84. The molecule has 0 N–H and O–H groups in total. The van der Waals surface area contributed by atoms with E-state index in [1.807, 2.05) is 30.3 Å². The summed E-state index contributed by atoms with van der Waals surface area (Å²) in [7, 11) is 0. The summed E-state index contributed by atoms with van der Waals surface area (Å²) in [5.41, 5.74) is 0.343. The smallest absolute Gasteiger partial charge is 0.290 e. The van der Waals surface area contributed by atoms with E-state index in [1.54, 1.807) is 4.90 Å². The Morgan fingerprint density at radius 1 is 1.29 bits per heavy atom. The summed E-state index contributed by atoms with van der Waals surface area (Å²) in [4.78, 5) is 13.1. The number of carbonyl (C=O) groups is 1. The number of benzene rings is 1. The number of urea groups is 1. The molecule has 2 amide bonds. The molecule has 2 rings (SSSR count). The van der Waals surface area contributed by atoms with E-state index >= 15 is 0 Å². The zero-order valence-electron chi connectivity index (χ0n) is 7.23. The molecule has 1 fully saturated rings. The average Bonchev–Trinajstić information content (AvgIpc) is 2.47. The van der Waals surface area contributed by atoms with Crippen LogP contribution in [0.2, 0.25) is 0 Å². The molecule has 3 nitrogen and oxygen atoms in total. The maximum absolute atomic E-state index is 11.6. The first-order chi connectivity index (χ1) is 6.70. The summed E-state index contributed by atoms with van der Waals surface area (Å²) >= 11 is 11.5. The van der Waals surface area contributed by atoms with Crippen molar-refractivity contribution in [3.05, 3.63) is 30.3 Å². The number of amides is 2. The van der Waals surface area contributed by atoms with Crippen LogP contribution in [-0.2, 0) is 0 Å². The minimum Gasteiger partial charge on any atom is -0.290 e. The lowest BCUT2D eigenvalue weighted by Crippen LogP contribution is -2.26. The fourth-order valence-electron chi connectivity index (χ4n) is 1.36. The van der Waals surface area contributed by atoms with Crippen molar-refractivity contribution in [2.45, 2.75) is 5.50 Å². The Hall–Kier alpha value is -0.930. The number of para-hydroxylation sites is 1. The first-order valence-corrected chi connectivity index (χ1v) is 4.93. The van der Waals surface area contributed by atoms with Gasteiger partial charge >= 0.3 is 6.03 Å². The first kappa shape index (κ1) is 9.62. The highest BCUT2D eigenvalue weighted by Gasteiger charge is 2.35. The topological polar surface area (TPSA) is 23.6 Å². The SMILES string of the molecule is O=C1N(c2ccccc2)CC(Cl)N1Cl. The van der Waals surface area contributed by atoms with Gasteiger partial charge in [-0.05, 0) is 12.1 Å². The number of halogens is 2. The van der Waals surface area contributed by atoms with Gasteiger partial charge in [-0.3, -0.25) is 4.90 Å². The third-order valence-corrected chi connectivity index (χ3v) is 2.87. The van der Waals surface area contributed by atoms with Crippen LogP contribution in [0.3, 0.4) is 0 Å². The van der Waals surface area contributed by atoms with E-state index < -0.39 is 5.50 Å². The molecule has 0 radical (unpaired) electrons. The number of rotatable bonds is 1. The summed E-state index contributed by atoms with van der Waals surface area (Å²) in [6.45, 7) is 0.411. The van der Waals surface area contributed by atoms with Crippen molar-refractivity contribution >= 4 is 35.1 Å². The van der Waals surface area contributed by atoms with E-state index in [9.17, 15) is 4.79 Å². The minimum absolute atomic E-state index is 0.280. The van der Waals surface area contributed by atoms with E-state index in [2.05, 4.69) is 0 Å². The van der Waals surface area contributed by atoms with Gasteiger partial charge in [-0.2, -0.15) is 0 Å². The molecule has 1 aromatic rings. The van der Waals surface area contributed by atoms with Gasteiger partial charge in [0.1, 0.15) is 5.50 Å². The van der Waals surface area contributed by atoms with Crippen LogP contribution < -0.4 is 4.90 Å². The quantitative estimate of drug-likeness (QED) is 0.414. The van der Waals surface area contributed by atoms with Gasteiger partial charge in [0.05, 0.1) is 6.54 Å². The second-order valence-electron chi connectivity index (χ2n) is 2.97. The Bertz CT molecular complexity index is 344. The zero-order chi connectivity index (χ0) is 10.1. The molecule has 1 saturated heterocycles. The predicted octanol–water partition coefficient (Wildman–Crippen LogP) is 2.65. The molecule has 0 aromatic heterocycles. The maximum Gasteiger partial charge on any atom is 0.340 e. The van der Waals surface area contributed by atoms with Crippen LogP contribution in [0.4, 0.5) is 10.5 Å². The van der Waals surface area contributed by atoms with E-state index in [0.717, 1.165) is 10.1 Å². The Labute approximate surface area is 91.9 Å². The van der Waals surface area contributed by atoms with E-state index in [1.165, 1.54) is 0 Å². The van der Waals surface area contributed by atoms with Crippen LogP contribution in [0.1, 0.15) is 0 Å². The molecular formula is C9H8Cl2N2O. The van der Waals surface area contributed by atoms with Crippen LogP contribution in [0.5, 0.6) is 0 Å². The van der Waals surface area contributed by atoms with E-state index in [4.69, 9.17) is 23.4 Å². The van der Waals surface area contributed by atoms with Crippen molar-refractivity contribution in [3.8, 4) is 0 Å². The van der Waals surface area contributed by atoms with E-state index in [-0.39, 0.29) is 6.03 Å². The maximum atomic E-state index is 11.6. The standard InChI is InChI=1S/C9H8Cl2N2O/c10-8-6-12(9(14)13(8)11)7-4-2-1-3-5-7/h1-5,8H,6H2. The molecule has 0 spiro atoms. The van der Waals surface area contributed by atoms with Gasteiger partial charge in [-0.25, -0.2) is 9.21 Å². The molecule has 1 unspecified atom stereocenters.